The molecule has 0 saturated carbocycles. The highest BCUT2D eigenvalue weighted by molar-refractivity contribution is 4.84. The molecule has 0 aromatic rings. The van der Waals surface area contributed by atoms with E-state index < -0.39 is 0 Å². The highest BCUT2D eigenvalue weighted by Gasteiger charge is 2.25. The first kappa shape index (κ1) is 17.9. The Hall–Kier alpha value is -0.120. The predicted octanol–water partition coefficient (Wildman–Crippen LogP) is 3.17. The molecule has 1 aliphatic heterocycles. The molecule has 0 aromatic carbocycles. The van der Waals surface area contributed by atoms with Crippen LogP contribution in [0.5, 0.6) is 0 Å². The van der Waals surface area contributed by atoms with Crippen LogP contribution >= 0.6 is 0 Å². The Bertz CT molecular complexity index is 260. The van der Waals surface area contributed by atoms with Gasteiger partial charge in [-0.15, -0.1) is 0 Å². The Morgan fingerprint density at radius 2 is 1.80 bits per heavy atom. The van der Waals surface area contributed by atoms with Gasteiger partial charge in [-0.1, -0.05) is 26.7 Å². The van der Waals surface area contributed by atoms with Crippen molar-refractivity contribution in [3.05, 3.63) is 0 Å². The number of aliphatic hydroxyl groups is 1. The molecule has 0 spiro atoms. The van der Waals surface area contributed by atoms with E-state index in [1.54, 1.807) is 0 Å². The third-order valence-corrected chi connectivity index (χ3v) is 4.76. The summed E-state index contributed by atoms with van der Waals surface area (Å²) in [6.07, 6.45) is 7.58. The predicted molar refractivity (Wildman–Crippen MR) is 87.1 cm³/mol. The highest BCUT2D eigenvalue weighted by Crippen LogP contribution is 2.23. The number of rotatable bonds is 8. The number of aliphatic hydroxyl groups excluding tert-OH is 1. The molecule has 0 aromatic heterocycles. The summed E-state index contributed by atoms with van der Waals surface area (Å²) in [6, 6.07) is 1.92. The van der Waals surface area contributed by atoms with Crippen molar-refractivity contribution < 1.29 is 5.11 Å². The van der Waals surface area contributed by atoms with Crippen LogP contribution in [0, 0.1) is 0 Å². The molecular weight excluding hydrogens is 248 g/mol. The van der Waals surface area contributed by atoms with Crippen LogP contribution in [0.2, 0.25) is 0 Å². The second-order valence-corrected chi connectivity index (χ2v) is 7.34. The normalized spacial score (nSPS) is 27.8. The molecule has 3 unspecified atom stereocenters. The summed E-state index contributed by atoms with van der Waals surface area (Å²) >= 11 is 0. The zero-order valence-electron chi connectivity index (χ0n) is 14.3. The summed E-state index contributed by atoms with van der Waals surface area (Å²) in [7, 11) is 0. The van der Waals surface area contributed by atoms with Crippen LogP contribution in [-0.2, 0) is 0 Å². The van der Waals surface area contributed by atoms with E-state index in [2.05, 4.69) is 44.8 Å². The van der Waals surface area contributed by atoms with Gasteiger partial charge in [-0.25, -0.2) is 0 Å². The molecule has 3 nitrogen and oxygen atoms in total. The molecule has 1 heterocycles. The molecule has 1 rings (SSSR count). The van der Waals surface area contributed by atoms with Crippen molar-refractivity contribution in [1.82, 2.24) is 10.2 Å². The van der Waals surface area contributed by atoms with Crippen molar-refractivity contribution >= 4 is 0 Å². The fourth-order valence-electron chi connectivity index (χ4n) is 3.62. The van der Waals surface area contributed by atoms with Gasteiger partial charge in [0.1, 0.15) is 0 Å². The largest absolute Gasteiger partial charge is 0.394 e. The number of unbranched alkanes of at least 4 members (excludes halogenated alkanes) is 1. The van der Waals surface area contributed by atoms with Crippen molar-refractivity contribution in [1.29, 1.82) is 0 Å². The number of likely N-dealkylation sites (tertiary alicyclic amines) is 1. The van der Waals surface area contributed by atoms with Crippen LogP contribution in [0.25, 0.3) is 0 Å². The second kappa shape index (κ2) is 8.35. The summed E-state index contributed by atoms with van der Waals surface area (Å²) in [5.74, 6) is 0. The molecule has 1 fully saturated rings. The van der Waals surface area contributed by atoms with Gasteiger partial charge in [-0.3, -0.25) is 4.90 Å². The van der Waals surface area contributed by atoms with Gasteiger partial charge >= 0.3 is 0 Å². The first-order valence-corrected chi connectivity index (χ1v) is 8.52. The van der Waals surface area contributed by atoms with E-state index in [-0.39, 0.29) is 12.1 Å². The van der Waals surface area contributed by atoms with Crippen molar-refractivity contribution in [2.24, 2.45) is 0 Å². The average molecular weight is 284 g/mol. The van der Waals surface area contributed by atoms with E-state index in [1.165, 1.54) is 38.6 Å². The number of nitrogens with one attached hydrogen (secondary N) is 1. The monoisotopic (exact) mass is 284 g/mol. The van der Waals surface area contributed by atoms with E-state index in [1.807, 2.05) is 0 Å². The van der Waals surface area contributed by atoms with Crippen LogP contribution in [0.4, 0.5) is 0 Å². The third kappa shape index (κ3) is 5.71. The summed E-state index contributed by atoms with van der Waals surface area (Å²) in [5.41, 5.74) is -0.118. The van der Waals surface area contributed by atoms with E-state index in [0.717, 1.165) is 18.5 Å². The molecule has 1 saturated heterocycles. The standard InChI is InChI=1S/C17H36N2O/c1-14(2)18-17(5,13-20)11-6-7-12-19-15(3)9-8-10-16(19)4/h14-16,18,20H,6-13H2,1-5H3. The third-order valence-electron chi connectivity index (χ3n) is 4.76. The van der Waals surface area contributed by atoms with Gasteiger partial charge in [-0.05, 0) is 53.0 Å². The molecule has 3 heteroatoms. The lowest BCUT2D eigenvalue weighted by Gasteiger charge is -2.39. The van der Waals surface area contributed by atoms with Crippen LogP contribution in [0.1, 0.15) is 73.1 Å². The van der Waals surface area contributed by atoms with E-state index >= 15 is 0 Å². The molecule has 20 heavy (non-hydrogen) atoms. The molecule has 1 aliphatic rings. The molecule has 0 aliphatic carbocycles. The average Bonchev–Trinajstić information content (AvgIpc) is 2.36. The van der Waals surface area contributed by atoms with Gasteiger partial charge in [0, 0.05) is 23.7 Å². The molecule has 0 bridgehead atoms. The van der Waals surface area contributed by atoms with Gasteiger partial charge in [0.15, 0.2) is 0 Å². The SMILES string of the molecule is CC(C)NC(C)(CO)CCCCN1C(C)CCCC1C. The number of hydrogen-bond donors (Lipinski definition) is 2. The molecular formula is C17H36N2O. The Balaban J connectivity index is 2.29. The van der Waals surface area contributed by atoms with Crippen LogP contribution < -0.4 is 5.32 Å². The van der Waals surface area contributed by atoms with Gasteiger partial charge in [0.2, 0.25) is 0 Å². The maximum atomic E-state index is 9.59. The van der Waals surface area contributed by atoms with Gasteiger partial charge in [-0.2, -0.15) is 0 Å². The number of nitrogens with zero attached hydrogens (tertiary/aromatic N) is 1. The van der Waals surface area contributed by atoms with E-state index in [9.17, 15) is 5.11 Å². The Morgan fingerprint density at radius 1 is 1.20 bits per heavy atom. The smallest absolute Gasteiger partial charge is 0.0610 e. The van der Waals surface area contributed by atoms with Crippen molar-refractivity contribution in [3.8, 4) is 0 Å². The lowest BCUT2D eigenvalue weighted by Crippen LogP contribution is -2.49. The maximum Gasteiger partial charge on any atom is 0.0610 e. The second-order valence-electron chi connectivity index (χ2n) is 7.34. The highest BCUT2D eigenvalue weighted by atomic mass is 16.3. The first-order valence-electron chi connectivity index (χ1n) is 8.52. The van der Waals surface area contributed by atoms with Gasteiger partial charge < -0.3 is 10.4 Å². The Labute approximate surface area is 126 Å². The van der Waals surface area contributed by atoms with Crippen LogP contribution in [0.15, 0.2) is 0 Å². The maximum absolute atomic E-state index is 9.59. The van der Waals surface area contributed by atoms with E-state index in [4.69, 9.17) is 0 Å². The fourth-order valence-corrected chi connectivity index (χ4v) is 3.62. The minimum Gasteiger partial charge on any atom is -0.394 e. The summed E-state index contributed by atoms with van der Waals surface area (Å²) in [5, 5.41) is 13.1. The summed E-state index contributed by atoms with van der Waals surface area (Å²) < 4.78 is 0. The van der Waals surface area contributed by atoms with Crippen molar-refractivity contribution in [3.63, 3.8) is 0 Å². The van der Waals surface area contributed by atoms with Gasteiger partial charge in [0.25, 0.3) is 0 Å². The minimum atomic E-state index is -0.118. The minimum absolute atomic E-state index is 0.118. The molecule has 3 atom stereocenters. The quantitative estimate of drug-likeness (QED) is 0.672. The number of hydrogen-bond acceptors (Lipinski definition) is 3. The summed E-state index contributed by atoms with van der Waals surface area (Å²) in [6.45, 7) is 12.6. The van der Waals surface area contributed by atoms with Gasteiger partial charge in [0.05, 0.1) is 6.61 Å². The Morgan fingerprint density at radius 3 is 2.30 bits per heavy atom. The van der Waals surface area contributed by atoms with Crippen LogP contribution in [-0.4, -0.2) is 46.8 Å². The molecule has 120 valence electrons. The van der Waals surface area contributed by atoms with Crippen LogP contribution in [0.3, 0.4) is 0 Å². The van der Waals surface area contributed by atoms with Crippen molar-refractivity contribution in [2.45, 2.75) is 96.8 Å². The zero-order valence-corrected chi connectivity index (χ0v) is 14.3. The topological polar surface area (TPSA) is 35.5 Å². The van der Waals surface area contributed by atoms with E-state index in [0.29, 0.717) is 6.04 Å². The molecule has 2 N–H and O–H groups in total. The lowest BCUT2D eigenvalue weighted by atomic mass is 9.93. The summed E-state index contributed by atoms with van der Waals surface area (Å²) in [4.78, 5) is 2.68. The first-order chi connectivity index (χ1) is 9.38. The fraction of sp³-hybridized carbons (Fsp3) is 1.00. The molecule has 0 amide bonds. The van der Waals surface area contributed by atoms with Crippen molar-refractivity contribution in [2.75, 3.05) is 13.2 Å². The Kier molecular flexibility index (Phi) is 7.49. The number of piperidine rings is 1. The zero-order chi connectivity index (χ0) is 15.2. The lowest BCUT2D eigenvalue weighted by molar-refractivity contribution is 0.0979. The molecule has 0 radical (unpaired) electrons.